The lowest BCUT2D eigenvalue weighted by atomic mass is 9.43. The minimum atomic E-state index is 0.480. The fourth-order valence-electron chi connectivity index (χ4n) is 14.8. The predicted molar refractivity (Wildman–Crippen MR) is 248 cm³/mol. The lowest BCUT2D eigenvalue weighted by molar-refractivity contribution is -0.687. The summed E-state index contributed by atoms with van der Waals surface area (Å²) in [7, 11) is 0. The molecule has 4 fully saturated rings. The van der Waals surface area contributed by atoms with Crippen molar-refractivity contribution in [3.8, 4) is 0 Å². The number of fused-ring (bicyclic) bond motifs is 11. The van der Waals surface area contributed by atoms with Gasteiger partial charge in [-0.1, -0.05) is 90.3 Å². The van der Waals surface area contributed by atoms with E-state index in [2.05, 4.69) is 143 Å². The third kappa shape index (κ3) is 8.13. The highest BCUT2D eigenvalue weighted by molar-refractivity contribution is 5.95. The van der Waals surface area contributed by atoms with Crippen molar-refractivity contribution in [2.24, 2.45) is 52.3 Å². The minimum absolute atomic E-state index is 0.480. The van der Waals surface area contributed by atoms with Gasteiger partial charge in [-0.3, -0.25) is 0 Å². The molecule has 7 heteroatoms. The van der Waals surface area contributed by atoms with Crippen molar-refractivity contribution >= 4 is 21.8 Å². The zero-order valence-corrected chi connectivity index (χ0v) is 38.4. The molecule has 10 atom stereocenters. The molecule has 0 saturated heterocycles. The van der Waals surface area contributed by atoms with E-state index >= 15 is 0 Å². The maximum Gasteiger partial charge on any atom is 0.244 e. The SMILES string of the molecule is CC(C)CCC[C@@H](C)[C@H]1CC[C@H]2[C@@H]3[C@H]4C[C@H]5C[C@@H](CC[C@]5(C)[C@H]3CC[C@]12C)NCCCn1cc[n+](c1)Cc1cccc2cc3cccc(c3nc12)C[n+]1ccn(c1)CCCN4. The van der Waals surface area contributed by atoms with Crippen LogP contribution in [-0.2, 0) is 26.2 Å². The first-order valence-corrected chi connectivity index (χ1v) is 25.0. The molecular formula is C54H77N7+2. The lowest BCUT2D eigenvalue weighted by Gasteiger charge is -2.63. The van der Waals surface area contributed by atoms with Crippen LogP contribution in [0.4, 0.5) is 0 Å². The molecule has 0 amide bonds. The van der Waals surface area contributed by atoms with Gasteiger partial charge in [-0.25, -0.2) is 23.3 Å². The Balaban J connectivity index is 0.910. The number of nitrogens with one attached hydrogen (secondary N) is 2. The molecule has 7 nitrogen and oxygen atoms in total. The van der Waals surface area contributed by atoms with Gasteiger partial charge in [0.2, 0.25) is 12.7 Å². The number of aryl methyl sites for hydroxylation is 2. The fourth-order valence-corrected chi connectivity index (χ4v) is 14.8. The van der Waals surface area contributed by atoms with E-state index in [1.165, 1.54) is 92.5 Å². The van der Waals surface area contributed by atoms with Crippen LogP contribution in [0.1, 0.15) is 129 Å². The average Bonchev–Trinajstić information content (AvgIpc) is 3.99. The van der Waals surface area contributed by atoms with Gasteiger partial charge in [0.25, 0.3) is 0 Å². The van der Waals surface area contributed by atoms with Crippen LogP contribution in [0, 0.1) is 52.3 Å². The number of hydrogen-bond donors (Lipinski definition) is 2. The molecule has 9 bridgehead atoms. The quantitative estimate of drug-likeness (QED) is 0.137. The van der Waals surface area contributed by atoms with Crippen LogP contribution >= 0.6 is 0 Å². The van der Waals surface area contributed by atoms with E-state index in [-0.39, 0.29) is 0 Å². The summed E-state index contributed by atoms with van der Waals surface area (Å²) >= 11 is 0. The molecule has 5 aliphatic rings. The highest BCUT2D eigenvalue weighted by atomic mass is 15.1. The smallest absolute Gasteiger partial charge is 0.244 e. The van der Waals surface area contributed by atoms with Gasteiger partial charge in [-0.05, 0) is 136 Å². The van der Waals surface area contributed by atoms with Crippen LogP contribution in [0.25, 0.3) is 21.8 Å². The Hall–Kier alpha value is -3.55. The normalized spacial score (nSPS) is 32.7. The number of para-hydroxylation sites is 2. The molecule has 2 N–H and O–H groups in total. The molecule has 326 valence electrons. The number of rotatable bonds is 5. The van der Waals surface area contributed by atoms with Gasteiger partial charge < -0.3 is 10.6 Å². The van der Waals surface area contributed by atoms with Gasteiger partial charge in [-0.15, -0.1) is 0 Å². The monoisotopic (exact) mass is 824 g/mol. The van der Waals surface area contributed by atoms with E-state index in [4.69, 9.17) is 4.98 Å². The summed E-state index contributed by atoms with van der Waals surface area (Å²) in [6.07, 6.45) is 31.6. The van der Waals surface area contributed by atoms with Crippen LogP contribution in [-0.4, -0.2) is 39.3 Å². The van der Waals surface area contributed by atoms with Crippen LogP contribution < -0.4 is 19.8 Å². The summed E-state index contributed by atoms with van der Waals surface area (Å²) in [6, 6.07) is 17.0. The summed E-state index contributed by atoms with van der Waals surface area (Å²) in [5, 5.41) is 10.9. The van der Waals surface area contributed by atoms with Crippen LogP contribution in [0.15, 0.2) is 79.9 Å². The lowest BCUT2D eigenvalue weighted by Crippen LogP contribution is -2.62. The first-order chi connectivity index (χ1) is 29.6. The van der Waals surface area contributed by atoms with Crippen molar-refractivity contribution in [2.75, 3.05) is 13.1 Å². The van der Waals surface area contributed by atoms with E-state index in [0.29, 0.717) is 22.9 Å². The standard InChI is InChI=1S/C54H77N7/c1-38(2)11-6-12-39(3)46-17-18-47-50-48(20-22-54(46,47)5)53(4)21-19-45-32-44(53)33-49(50)56-24-10-26-59-28-30-61(37-59)35-43-16-8-14-41-31-40-13-7-15-42(51(40)57-52(41)43)34-60-29-27-58(36-60)25-9-23-55-45/h7-8,13-16,27-31,36-39,44-50,55-56H,6,9-12,17-26,32-35H2,1-5H3/q+2/t39-,44-,45-,46-,47+,48+,49-,50+,53+,54-/m1/s1. The predicted octanol–water partition coefficient (Wildman–Crippen LogP) is 10.1. The number of pyridine rings is 1. The second-order valence-corrected chi connectivity index (χ2v) is 22.1. The molecule has 4 saturated carbocycles. The molecular weight excluding hydrogens is 747 g/mol. The second-order valence-electron chi connectivity index (χ2n) is 22.1. The molecule has 0 radical (unpaired) electrons. The second kappa shape index (κ2) is 17.2. The number of imidazole rings is 2. The van der Waals surface area contributed by atoms with Crippen molar-refractivity contribution in [3.63, 3.8) is 0 Å². The number of hydrogen-bond acceptors (Lipinski definition) is 3. The molecule has 0 unspecified atom stereocenters. The van der Waals surface area contributed by atoms with Gasteiger partial charge in [0.1, 0.15) is 37.9 Å². The van der Waals surface area contributed by atoms with Crippen LogP contribution in [0.5, 0.6) is 0 Å². The van der Waals surface area contributed by atoms with Crippen molar-refractivity contribution < 1.29 is 9.13 Å². The Bertz CT molecular complexity index is 2290. The number of aromatic nitrogens is 5. The third-order valence-corrected chi connectivity index (χ3v) is 18.0. The molecule has 10 rings (SSSR count). The molecule has 2 aromatic carbocycles. The Labute approximate surface area is 367 Å². The third-order valence-electron chi connectivity index (χ3n) is 18.0. The highest BCUT2D eigenvalue weighted by Crippen LogP contribution is 2.68. The summed E-state index contributed by atoms with van der Waals surface area (Å²) in [6.45, 7) is 18.9. The first kappa shape index (κ1) is 41.5. The van der Waals surface area contributed by atoms with Crippen molar-refractivity contribution in [3.05, 3.63) is 91.0 Å². The van der Waals surface area contributed by atoms with E-state index in [1.54, 1.807) is 0 Å². The van der Waals surface area contributed by atoms with Crippen molar-refractivity contribution in [2.45, 2.75) is 156 Å². The van der Waals surface area contributed by atoms with Gasteiger partial charge in [-0.2, -0.15) is 0 Å². The molecule has 3 aromatic heterocycles. The number of nitrogens with zero attached hydrogens (tertiary/aromatic N) is 5. The Morgan fingerprint density at radius 1 is 0.738 bits per heavy atom. The fraction of sp³-hybridized carbons (Fsp3) is 0.648. The molecule has 5 aromatic rings. The van der Waals surface area contributed by atoms with Gasteiger partial charge in [0.05, 0.1) is 24.1 Å². The molecule has 4 heterocycles. The van der Waals surface area contributed by atoms with Crippen molar-refractivity contribution in [1.82, 2.24) is 24.8 Å². The highest BCUT2D eigenvalue weighted by Gasteiger charge is 2.62. The molecule has 61 heavy (non-hydrogen) atoms. The first-order valence-electron chi connectivity index (χ1n) is 25.0. The molecule has 1 aliphatic heterocycles. The summed E-state index contributed by atoms with van der Waals surface area (Å²) in [5.41, 5.74) is 5.75. The Kier molecular flexibility index (Phi) is 11.7. The van der Waals surface area contributed by atoms with Crippen molar-refractivity contribution in [1.29, 1.82) is 0 Å². The topological polar surface area (TPSA) is 54.6 Å². The molecule has 0 spiro atoms. The summed E-state index contributed by atoms with van der Waals surface area (Å²) in [5.74, 6) is 5.95. The van der Waals surface area contributed by atoms with Crippen LogP contribution in [0.2, 0.25) is 0 Å². The summed E-state index contributed by atoms with van der Waals surface area (Å²) in [4.78, 5) is 5.41. The van der Waals surface area contributed by atoms with Gasteiger partial charge >= 0.3 is 0 Å². The minimum Gasteiger partial charge on any atom is -0.314 e. The molecule has 4 aliphatic carbocycles. The van der Waals surface area contributed by atoms with E-state index < -0.39 is 0 Å². The maximum absolute atomic E-state index is 5.41. The van der Waals surface area contributed by atoms with Gasteiger partial charge in [0, 0.05) is 34.0 Å². The zero-order valence-electron chi connectivity index (χ0n) is 38.4. The zero-order chi connectivity index (χ0) is 41.7. The van der Waals surface area contributed by atoms with E-state index in [1.807, 2.05) is 0 Å². The number of benzene rings is 2. The van der Waals surface area contributed by atoms with E-state index in [9.17, 15) is 0 Å². The maximum atomic E-state index is 5.41. The van der Waals surface area contributed by atoms with E-state index in [0.717, 1.165) is 105 Å². The largest absolute Gasteiger partial charge is 0.314 e. The average molecular weight is 824 g/mol. The van der Waals surface area contributed by atoms with Gasteiger partial charge in [0.15, 0.2) is 0 Å². The van der Waals surface area contributed by atoms with Crippen LogP contribution in [0.3, 0.4) is 0 Å². The Morgan fingerprint density at radius 3 is 2.05 bits per heavy atom. The Morgan fingerprint density at radius 2 is 1.38 bits per heavy atom. The summed E-state index contributed by atoms with van der Waals surface area (Å²) < 4.78 is 9.48.